The predicted octanol–water partition coefficient (Wildman–Crippen LogP) is 2.68. The number of hydrogen-bond donors (Lipinski definition) is 2. The smallest absolute Gasteiger partial charge is 0.303 e. The fourth-order valence-corrected chi connectivity index (χ4v) is 1.82. The number of hydrogen-bond acceptors (Lipinski definition) is 3. The van der Waals surface area contributed by atoms with Crippen LogP contribution in [0.25, 0.3) is 0 Å². The molecule has 1 aromatic rings. The summed E-state index contributed by atoms with van der Waals surface area (Å²) in [4.78, 5) is 10.4. The molecular weight excluding hydrogens is 232 g/mol. The van der Waals surface area contributed by atoms with Crippen LogP contribution in [0.1, 0.15) is 43.4 Å². The second-order valence-electron chi connectivity index (χ2n) is 4.28. The van der Waals surface area contributed by atoms with Gasteiger partial charge in [0.25, 0.3) is 0 Å². The lowest BCUT2D eigenvalue weighted by Crippen LogP contribution is -2.04. The topological polar surface area (TPSA) is 66.8 Å². The fraction of sp³-hybridized carbons (Fsp3) is 0.500. The third kappa shape index (κ3) is 4.37. The van der Waals surface area contributed by atoms with E-state index in [1.807, 2.05) is 32.0 Å². The Morgan fingerprint density at radius 2 is 2.17 bits per heavy atom. The van der Waals surface area contributed by atoms with Crippen molar-refractivity contribution in [3.8, 4) is 5.75 Å². The van der Waals surface area contributed by atoms with E-state index in [-0.39, 0.29) is 6.42 Å². The number of benzene rings is 1. The fourth-order valence-electron chi connectivity index (χ4n) is 1.82. The van der Waals surface area contributed by atoms with Crippen LogP contribution in [0.3, 0.4) is 0 Å². The van der Waals surface area contributed by atoms with Gasteiger partial charge in [-0.3, -0.25) is 4.79 Å². The second-order valence-corrected chi connectivity index (χ2v) is 4.28. The molecule has 2 N–H and O–H groups in total. The van der Waals surface area contributed by atoms with E-state index in [9.17, 15) is 9.90 Å². The molecule has 0 heterocycles. The number of aryl methyl sites for hydroxylation is 1. The molecule has 0 radical (unpaired) electrons. The molecule has 0 fully saturated rings. The molecule has 1 atom stereocenters. The summed E-state index contributed by atoms with van der Waals surface area (Å²) in [6.07, 6.45) is 0.282. The van der Waals surface area contributed by atoms with Gasteiger partial charge in [0.1, 0.15) is 5.75 Å². The molecule has 0 saturated heterocycles. The van der Waals surface area contributed by atoms with Crippen molar-refractivity contribution in [1.82, 2.24) is 0 Å². The van der Waals surface area contributed by atoms with Gasteiger partial charge in [-0.2, -0.15) is 0 Å². The van der Waals surface area contributed by atoms with Crippen molar-refractivity contribution in [2.75, 3.05) is 6.61 Å². The third-order valence-corrected chi connectivity index (χ3v) is 2.69. The summed E-state index contributed by atoms with van der Waals surface area (Å²) in [5.41, 5.74) is 1.79. The number of ether oxygens (including phenoxy) is 1. The number of aliphatic carboxylic acids is 1. The molecule has 0 aliphatic heterocycles. The molecular formula is C14H20O4. The van der Waals surface area contributed by atoms with Crippen LogP contribution in [0.4, 0.5) is 0 Å². The van der Waals surface area contributed by atoms with Crippen molar-refractivity contribution in [2.24, 2.45) is 0 Å². The quantitative estimate of drug-likeness (QED) is 0.783. The molecule has 18 heavy (non-hydrogen) atoms. The Morgan fingerprint density at radius 3 is 2.78 bits per heavy atom. The first-order chi connectivity index (χ1) is 8.54. The number of aliphatic hydroxyl groups excluding tert-OH is 1. The molecule has 1 rings (SSSR count). The minimum absolute atomic E-state index is 0.0762. The highest BCUT2D eigenvalue weighted by Gasteiger charge is 2.14. The normalized spacial score (nSPS) is 12.2. The Labute approximate surface area is 107 Å². The van der Waals surface area contributed by atoms with Crippen molar-refractivity contribution in [3.63, 3.8) is 0 Å². The summed E-state index contributed by atoms with van der Waals surface area (Å²) in [5, 5.41) is 18.7. The van der Waals surface area contributed by atoms with Gasteiger partial charge < -0.3 is 14.9 Å². The van der Waals surface area contributed by atoms with Crippen LogP contribution in [0, 0.1) is 6.92 Å². The third-order valence-electron chi connectivity index (χ3n) is 2.69. The lowest BCUT2D eigenvalue weighted by molar-refractivity contribution is -0.137. The zero-order valence-corrected chi connectivity index (χ0v) is 10.8. The lowest BCUT2D eigenvalue weighted by atomic mass is 10.0. The molecule has 0 spiro atoms. The SMILES string of the molecule is CCOc1ccc(C)cc1[C@H](O)CCCC(=O)O. The van der Waals surface area contributed by atoms with E-state index < -0.39 is 12.1 Å². The number of rotatable bonds is 7. The maximum atomic E-state index is 10.4. The van der Waals surface area contributed by atoms with Crippen molar-refractivity contribution in [3.05, 3.63) is 29.3 Å². The summed E-state index contributed by atoms with van der Waals surface area (Å²) >= 11 is 0. The number of aliphatic hydroxyl groups is 1. The molecule has 0 unspecified atom stereocenters. The Hall–Kier alpha value is -1.55. The second kappa shape index (κ2) is 7.01. The van der Waals surface area contributed by atoms with Crippen LogP contribution in [0.2, 0.25) is 0 Å². The van der Waals surface area contributed by atoms with Gasteiger partial charge in [-0.1, -0.05) is 11.6 Å². The molecule has 0 bridgehead atoms. The number of carboxylic acids is 1. The highest BCUT2D eigenvalue weighted by Crippen LogP contribution is 2.29. The average molecular weight is 252 g/mol. The minimum atomic E-state index is -0.837. The highest BCUT2D eigenvalue weighted by atomic mass is 16.5. The van der Waals surface area contributed by atoms with Crippen LogP contribution in [-0.2, 0) is 4.79 Å². The zero-order valence-electron chi connectivity index (χ0n) is 10.8. The molecule has 1 aromatic carbocycles. The Morgan fingerprint density at radius 1 is 1.44 bits per heavy atom. The first-order valence-corrected chi connectivity index (χ1v) is 6.17. The van der Waals surface area contributed by atoms with Gasteiger partial charge in [0.05, 0.1) is 12.7 Å². The van der Waals surface area contributed by atoms with Crippen LogP contribution in [0.5, 0.6) is 5.75 Å². The summed E-state index contributed by atoms with van der Waals surface area (Å²) in [6.45, 7) is 4.38. The van der Waals surface area contributed by atoms with E-state index >= 15 is 0 Å². The Kier molecular flexibility index (Phi) is 5.65. The first-order valence-electron chi connectivity index (χ1n) is 6.17. The van der Waals surface area contributed by atoms with Gasteiger partial charge in [-0.25, -0.2) is 0 Å². The van der Waals surface area contributed by atoms with E-state index in [1.54, 1.807) is 0 Å². The van der Waals surface area contributed by atoms with Crippen LogP contribution in [-0.4, -0.2) is 22.8 Å². The van der Waals surface area contributed by atoms with Crippen LogP contribution >= 0.6 is 0 Å². The molecule has 100 valence electrons. The first kappa shape index (κ1) is 14.5. The van der Waals surface area contributed by atoms with Crippen molar-refractivity contribution >= 4 is 5.97 Å². The molecule has 4 nitrogen and oxygen atoms in total. The van der Waals surface area contributed by atoms with Crippen molar-refractivity contribution < 1.29 is 19.7 Å². The standard InChI is InChI=1S/C14H20O4/c1-3-18-13-8-7-10(2)9-11(13)12(15)5-4-6-14(16)17/h7-9,12,15H,3-6H2,1-2H3,(H,16,17)/t12-/m1/s1. The largest absolute Gasteiger partial charge is 0.493 e. The maximum absolute atomic E-state index is 10.4. The molecule has 0 aliphatic rings. The van der Waals surface area contributed by atoms with E-state index in [0.717, 1.165) is 11.1 Å². The zero-order chi connectivity index (χ0) is 13.5. The minimum Gasteiger partial charge on any atom is -0.493 e. The monoisotopic (exact) mass is 252 g/mol. The van der Waals surface area contributed by atoms with Gasteiger partial charge in [-0.05, 0) is 38.8 Å². The van der Waals surface area contributed by atoms with Gasteiger partial charge >= 0.3 is 5.97 Å². The predicted molar refractivity (Wildman–Crippen MR) is 68.8 cm³/mol. The summed E-state index contributed by atoms with van der Waals surface area (Å²) in [7, 11) is 0. The summed E-state index contributed by atoms with van der Waals surface area (Å²) in [5.74, 6) is -0.164. The van der Waals surface area contributed by atoms with Gasteiger partial charge in [-0.15, -0.1) is 0 Å². The van der Waals surface area contributed by atoms with Crippen molar-refractivity contribution in [2.45, 2.75) is 39.2 Å². The summed E-state index contributed by atoms with van der Waals surface area (Å²) < 4.78 is 5.46. The summed E-state index contributed by atoms with van der Waals surface area (Å²) in [6, 6.07) is 5.66. The maximum Gasteiger partial charge on any atom is 0.303 e. The highest BCUT2D eigenvalue weighted by molar-refractivity contribution is 5.66. The van der Waals surface area contributed by atoms with Gasteiger partial charge in [0.15, 0.2) is 0 Å². The Bertz CT molecular complexity index is 401. The van der Waals surface area contributed by atoms with E-state index in [1.165, 1.54) is 0 Å². The Balaban J connectivity index is 2.72. The van der Waals surface area contributed by atoms with Crippen LogP contribution < -0.4 is 4.74 Å². The van der Waals surface area contributed by atoms with E-state index in [4.69, 9.17) is 9.84 Å². The molecule has 0 amide bonds. The van der Waals surface area contributed by atoms with Crippen molar-refractivity contribution in [1.29, 1.82) is 0 Å². The molecule has 0 saturated carbocycles. The van der Waals surface area contributed by atoms with E-state index in [2.05, 4.69) is 0 Å². The number of carbonyl (C=O) groups is 1. The van der Waals surface area contributed by atoms with Crippen LogP contribution in [0.15, 0.2) is 18.2 Å². The van der Waals surface area contributed by atoms with E-state index in [0.29, 0.717) is 25.2 Å². The lowest BCUT2D eigenvalue weighted by Gasteiger charge is -2.16. The average Bonchev–Trinajstić information content (AvgIpc) is 2.31. The number of carboxylic acid groups (broad SMARTS) is 1. The molecule has 0 aliphatic carbocycles. The van der Waals surface area contributed by atoms with Gasteiger partial charge in [0.2, 0.25) is 0 Å². The molecule has 4 heteroatoms. The van der Waals surface area contributed by atoms with Gasteiger partial charge in [0, 0.05) is 12.0 Å². The molecule has 0 aromatic heterocycles.